The van der Waals surface area contributed by atoms with Crippen LogP contribution in [0.5, 0.6) is 5.75 Å². The van der Waals surface area contributed by atoms with Crippen LogP contribution in [0, 0.1) is 6.92 Å². The van der Waals surface area contributed by atoms with Crippen molar-refractivity contribution in [3.8, 4) is 5.75 Å². The zero-order chi connectivity index (χ0) is 20.6. The first-order chi connectivity index (χ1) is 13.2. The van der Waals surface area contributed by atoms with Crippen molar-refractivity contribution < 1.29 is 19.1 Å². The van der Waals surface area contributed by atoms with E-state index >= 15 is 0 Å². The van der Waals surface area contributed by atoms with E-state index in [1.165, 1.54) is 11.5 Å². The lowest BCUT2D eigenvalue weighted by molar-refractivity contribution is -0.131. The second-order valence-corrected chi connectivity index (χ2v) is 6.98. The molecule has 6 nitrogen and oxygen atoms in total. The van der Waals surface area contributed by atoms with Gasteiger partial charge in [-0.05, 0) is 61.9 Å². The molecule has 0 bridgehead atoms. The van der Waals surface area contributed by atoms with Gasteiger partial charge in [0.2, 0.25) is 5.91 Å². The highest BCUT2D eigenvalue weighted by Gasteiger charge is 2.26. The Labute approximate surface area is 166 Å². The maximum Gasteiger partial charge on any atom is 0.308 e. The number of hydrogen-bond acceptors (Lipinski definition) is 4. The van der Waals surface area contributed by atoms with E-state index in [9.17, 15) is 14.4 Å². The average Bonchev–Trinajstić information content (AvgIpc) is 2.91. The Morgan fingerprint density at radius 2 is 1.75 bits per heavy atom. The highest BCUT2D eigenvalue weighted by molar-refractivity contribution is 6.30. The molecule has 0 unspecified atom stereocenters. The maximum absolute atomic E-state index is 13.2. The highest BCUT2D eigenvalue weighted by atomic mass is 35.5. The number of carbonyl (C=O) groups is 3. The average molecular weight is 399 g/mol. The minimum absolute atomic E-state index is 0.262. The molecule has 0 spiro atoms. The second-order valence-electron chi connectivity index (χ2n) is 6.54. The minimum Gasteiger partial charge on any atom is -0.427 e. The topological polar surface area (TPSA) is 91.4 Å². The minimum atomic E-state index is -0.630. The first kappa shape index (κ1) is 19.6. The standard InChI is InChI=1S/C21H19ClN2O4/c1-11(20(23)26)19-12(2)24(21(27)14-4-6-15(22)7-5-14)18-9-8-16(10-17(18)19)28-13(3)25/h4-11H,1-3H3,(H2,23,26)/t11-/m0/s1. The third kappa shape index (κ3) is 3.51. The van der Waals surface area contributed by atoms with Crippen LogP contribution in [0.1, 0.15) is 41.4 Å². The predicted molar refractivity (Wildman–Crippen MR) is 107 cm³/mol. The van der Waals surface area contributed by atoms with Crippen LogP contribution in [0.3, 0.4) is 0 Å². The number of aromatic nitrogens is 1. The summed E-state index contributed by atoms with van der Waals surface area (Å²) < 4.78 is 6.69. The van der Waals surface area contributed by atoms with Gasteiger partial charge >= 0.3 is 5.97 Å². The third-order valence-electron chi connectivity index (χ3n) is 4.64. The molecule has 0 saturated heterocycles. The number of esters is 1. The molecule has 0 fully saturated rings. The second kappa shape index (κ2) is 7.48. The quantitative estimate of drug-likeness (QED) is 0.534. The van der Waals surface area contributed by atoms with Gasteiger partial charge in [0.1, 0.15) is 5.75 Å². The van der Waals surface area contributed by atoms with Crippen molar-refractivity contribution in [3.63, 3.8) is 0 Å². The summed E-state index contributed by atoms with van der Waals surface area (Å²) in [5.41, 5.74) is 7.79. The smallest absolute Gasteiger partial charge is 0.308 e. The van der Waals surface area contributed by atoms with Gasteiger partial charge in [0.25, 0.3) is 5.91 Å². The number of fused-ring (bicyclic) bond motifs is 1. The molecular weight excluding hydrogens is 380 g/mol. The summed E-state index contributed by atoms with van der Waals surface area (Å²) in [6, 6.07) is 11.5. The van der Waals surface area contributed by atoms with Gasteiger partial charge in [-0.3, -0.25) is 19.0 Å². The number of carbonyl (C=O) groups excluding carboxylic acids is 3. The summed E-state index contributed by atoms with van der Waals surface area (Å²) in [6.07, 6.45) is 0. The van der Waals surface area contributed by atoms with Gasteiger partial charge < -0.3 is 10.5 Å². The van der Waals surface area contributed by atoms with E-state index in [4.69, 9.17) is 22.1 Å². The largest absolute Gasteiger partial charge is 0.427 e. The molecule has 0 aliphatic carbocycles. The summed E-state index contributed by atoms with van der Waals surface area (Å²) in [6.45, 7) is 4.74. The van der Waals surface area contributed by atoms with Crippen molar-refractivity contribution in [1.82, 2.24) is 4.57 Å². The monoisotopic (exact) mass is 398 g/mol. The Morgan fingerprint density at radius 1 is 1.11 bits per heavy atom. The number of nitrogens with two attached hydrogens (primary N) is 1. The fourth-order valence-electron chi connectivity index (χ4n) is 3.32. The van der Waals surface area contributed by atoms with E-state index < -0.39 is 17.8 Å². The fourth-order valence-corrected chi connectivity index (χ4v) is 3.45. The van der Waals surface area contributed by atoms with Crippen LogP contribution in [0.4, 0.5) is 0 Å². The van der Waals surface area contributed by atoms with Crippen LogP contribution < -0.4 is 10.5 Å². The maximum atomic E-state index is 13.2. The van der Waals surface area contributed by atoms with Gasteiger partial charge in [0.05, 0.1) is 11.4 Å². The van der Waals surface area contributed by atoms with Gasteiger partial charge in [-0.1, -0.05) is 11.6 Å². The van der Waals surface area contributed by atoms with E-state index in [0.29, 0.717) is 38.5 Å². The lowest BCUT2D eigenvalue weighted by Crippen LogP contribution is -2.20. The predicted octanol–water partition coefficient (Wildman–Crippen LogP) is 3.81. The number of primary amides is 1. The van der Waals surface area contributed by atoms with Crippen LogP contribution in [0.2, 0.25) is 5.02 Å². The van der Waals surface area contributed by atoms with Crippen LogP contribution >= 0.6 is 11.6 Å². The molecule has 1 aromatic heterocycles. The molecule has 0 aliphatic heterocycles. The normalized spacial score (nSPS) is 12.0. The molecular formula is C21H19ClN2O4. The molecule has 0 saturated carbocycles. The molecule has 1 atom stereocenters. The van der Waals surface area contributed by atoms with E-state index in [-0.39, 0.29) is 5.91 Å². The van der Waals surface area contributed by atoms with Crippen molar-refractivity contribution in [3.05, 3.63) is 64.3 Å². The van der Waals surface area contributed by atoms with Crippen LogP contribution in [-0.4, -0.2) is 22.4 Å². The summed E-state index contributed by atoms with van der Waals surface area (Å²) >= 11 is 5.92. The number of benzene rings is 2. The van der Waals surface area contributed by atoms with Gasteiger partial charge in [-0.15, -0.1) is 0 Å². The number of amides is 1. The number of halogens is 1. The summed E-state index contributed by atoms with van der Waals surface area (Å²) in [5.74, 6) is -1.54. The van der Waals surface area contributed by atoms with Crippen LogP contribution in [0.25, 0.3) is 10.9 Å². The van der Waals surface area contributed by atoms with Crippen molar-refractivity contribution in [2.75, 3.05) is 0 Å². The summed E-state index contributed by atoms with van der Waals surface area (Å²) in [5, 5.41) is 1.16. The van der Waals surface area contributed by atoms with Crippen molar-refractivity contribution in [2.45, 2.75) is 26.7 Å². The van der Waals surface area contributed by atoms with Crippen LogP contribution in [-0.2, 0) is 9.59 Å². The Bertz CT molecular complexity index is 1100. The van der Waals surface area contributed by atoms with E-state index in [0.717, 1.165) is 0 Å². The van der Waals surface area contributed by atoms with Gasteiger partial charge in [0.15, 0.2) is 0 Å². The van der Waals surface area contributed by atoms with Crippen molar-refractivity contribution >= 4 is 40.3 Å². The van der Waals surface area contributed by atoms with E-state index in [1.807, 2.05) is 0 Å². The molecule has 2 aromatic carbocycles. The Balaban J connectivity index is 2.26. The molecule has 0 radical (unpaired) electrons. The number of ether oxygens (including phenoxy) is 1. The SMILES string of the molecule is CC(=O)Oc1ccc2c(c1)c([C@H](C)C(N)=O)c(C)n2C(=O)c1ccc(Cl)cc1. The first-order valence-electron chi connectivity index (χ1n) is 8.63. The molecule has 7 heteroatoms. The highest BCUT2D eigenvalue weighted by Crippen LogP contribution is 2.35. The molecule has 2 N–H and O–H groups in total. The molecule has 1 heterocycles. The van der Waals surface area contributed by atoms with E-state index in [2.05, 4.69) is 0 Å². The Hall–Kier alpha value is -3.12. The summed E-state index contributed by atoms with van der Waals surface area (Å²) in [7, 11) is 0. The lowest BCUT2D eigenvalue weighted by atomic mass is 9.97. The van der Waals surface area contributed by atoms with Crippen LogP contribution in [0.15, 0.2) is 42.5 Å². The molecule has 3 rings (SSSR count). The molecule has 28 heavy (non-hydrogen) atoms. The molecule has 3 aromatic rings. The summed E-state index contributed by atoms with van der Waals surface area (Å²) in [4.78, 5) is 36.4. The molecule has 0 aliphatic rings. The Morgan fingerprint density at radius 3 is 2.32 bits per heavy atom. The fraction of sp³-hybridized carbons (Fsp3) is 0.190. The van der Waals surface area contributed by atoms with E-state index in [1.54, 1.807) is 56.3 Å². The molecule has 1 amide bonds. The number of hydrogen-bond donors (Lipinski definition) is 1. The first-order valence-corrected chi connectivity index (χ1v) is 9.01. The van der Waals surface area contributed by atoms with Gasteiger partial charge in [-0.2, -0.15) is 0 Å². The van der Waals surface area contributed by atoms with Gasteiger partial charge in [-0.25, -0.2) is 0 Å². The Kier molecular flexibility index (Phi) is 5.25. The van der Waals surface area contributed by atoms with Gasteiger partial charge in [0, 0.05) is 28.6 Å². The van der Waals surface area contributed by atoms with Crippen molar-refractivity contribution in [2.24, 2.45) is 5.73 Å². The molecule has 144 valence electrons. The number of nitrogens with zero attached hydrogens (tertiary/aromatic N) is 1. The zero-order valence-electron chi connectivity index (χ0n) is 15.7. The zero-order valence-corrected chi connectivity index (χ0v) is 16.4. The number of rotatable bonds is 4. The lowest BCUT2D eigenvalue weighted by Gasteiger charge is -2.10. The third-order valence-corrected chi connectivity index (χ3v) is 4.89. The van der Waals surface area contributed by atoms with Crippen molar-refractivity contribution in [1.29, 1.82) is 0 Å².